The Labute approximate surface area is 106 Å². The number of unbranched alkanes of at least 4 members (excludes halogenated alkanes) is 4. The Balaban J connectivity index is 1.71. The number of benzene rings is 1. The van der Waals surface area contributed by atoms with Crippen molar-refractivity contribution in [1.82, 2.24) is 0 Å². The Kier molecular flexibility index (Phi) is 4.90. The van der Waals surface area contributed by atoms with Gasteiger partial charge in [-0.1, -0.05) is 57.2 Å². The predicted octanol–water partition coefficient (Wildman–Crippen LogP) is 4.77. The third-order valence-electron chi connectivity index (χ3n) is 3.80. The lowest BCUT2D eigenvalue weighted by atomic mass is 9.94. The van der Waals surface area contributed by atoms with Gasteiger partial charge in [0.25, 0.3) is 0 Å². The maximum atomic E-state index is 3.69. The summed E-state index contributed by atoms with van der Waals surface area (Å²) < 4.78 is 0. The van der Waals surface area contributed by atoms with Gasteiger partial charge in [-0.25, -0.2) is 0 Å². The van der Waals surface area contributed by atoms with Crippen molar-refractivity contribution in [3.05, 3.63) is 29.8 Å². The Morgan fingerprint density at radius 3 is 2.82 bits per heavy atom. The van der Waals surface area contributed by atoms with Gasteiger partial charge in [-0.15, -0.1) is 0 Å². The van der Waals surface area contributed by atoms with Gasteiger partial charge in [0.2, 0.25) is 0 Å². The smallest absolute Gasteiger partial charge is 0.0374 e. The minimum Gasteiger partial charge on any atom is -0.382 e. The van der Waals surface area contributed by atoms with Crippen LogP contribution in [-0.4, -0.2) is 6.04 Å². The lowest BCUT2D eigenvalue weighted by Crippen LogP contribution is -2.25. The van der Waals surface area contributed by atoms with Crippen LogP contribution in [0.3, 0.4) is 0 Å². The fourth-order valence-corrected chi connectivity index (χ4v) is 2.71. The van der Waals surface area contributed by atoms with E-state index >= 15 is 0 Å². The van der Waals surface area contributed by atoms with E-state index in [1.807, 2.05) is 0 Å². The second-order valence-electron chi connectivity index (χ2n) is 5.24. The van der Waals surface area contributed by atoms with Crippen molar-refractivity contribution in [2.75, 3.05) is 5.32 Å². The fourth-order valence-electron chi connectivity index (χ4n) is 2.71. The van der Waals surface area contributed by atoms with E-state index in [-0.39, 0.29) is 0 Å². The van der Waals surface area contributed by atoms with Gasteiger partial charge < -0.3 is 5.32 Å². The van der Waals surface area contributed by atoms with E-state index in [2.05, 4.69) is 36.5 Å². The summed E-state index contributed by atoms with van der Waals surface area (Å²) in [6.07, 6.45) is 10.9. The molecule has 0 spiro atoms. The molecular weight excluding hydrogens is 206 g/mol. The monoisotopic (exact) mass is 231 g/mol. The minimum atomic E-state index is 0.714. The average molecular weight is 231 g/mol. The summed E-state index contributed by atoms with van der Waals surface area (Å²) in [7, 11) is 0. The van der Waals surface area contributed by atoms with Gasteiger partial charge in [0.05, 0.1) is 0 Å². The van der Waals surface area contributed by atoms with Crippen LogP contribution in [0.15, 0.2) is 24.3 Å². The van der Waals surface area contributed by atoms with Crippen molar-refractivity contribution in [2.24, 2.45) is 0 Å². The summed E-state index contributed by atoms with van der Waals surface area (Å²) in [6.45, 7) is 2.28. The Morgan fingerprint density at radius 1 is 1.12 bits per heavy atom. The van der Waals surface area contributed by atoms with Gasteiger partial charge in [-0.2, -0.15) is 0 Å². The van der Waals surface area contributed by atoms with E-state index < -0.39 is 0 Å². The molecule has 94 valence electrons. The number of rotatable bonds is 6. The lowest BCUT2D eigenvalue weighted by molar-refractivity contribution is 0.529. The molecule has 0 radical (unpaired) electrons. The highest BCUT2D eigenvalue weighted by Crippen LogP contribution is 2.26. The molecule has 0 aromatic heterocycles. The van der Waals surface area contributed by atoms with Crippen LogP contribution in [0.2, 0.25) is 0 Å². The molecule has 1 N–H and O–H groups in total. The summed E-state index contributed by atoms with van der Waals surface area (Å²) in [5.41, 5.74) is 2.87. The van der Waals surface area contributed by atoms with Gasteiger partial charge in [0.1, 0.15) is 0 Å². The first-order valence-corrected chi connectivity index (χ1v) is 7.24. The predicted molar refractivity (Wildman–Crippen MR) is 75.5 cm³/mol. The van der Waals surface area contributed by atoms with Crippen LogP contribution >= 0.6 is 0 Å². The van der Waals surface area contributed by atoms with Crippen molar-refractivity contribution in [2.45, 2.75) is 64.3 Å². The highest BCUT2D eigenvalue weighted by atomic mass is 14.9. The minimum absolute atomic E-state index is 0.714. The molecule has 2 rings (SSSR count). The maximum Gasteiger partial charge on any atom is 0.0374 e. The number of nitrogens with one attached hydrogen (secondary N) is 1. The van der Waals surface area contributed by atoms with Crippen molar-refractivity contribution >= 4 is 5.69 Å². The van der Waals surface area contributed by atoms with Crippen LogP contribution in [0.1, 0.15) is 57.4 Å². The maximum absolute atomic E-state index is 3.69. The van der Waals surface area contributed by atoms with Crippen LogP contribution in [0, 0.1) is 0 Å². The second kappa shape index (κ2) is 6.68. The molecule has 1 aliphatic heterocycles. The molecule has 0 aliphatic carbocycles. The summed E-state index contributed by atoms with van der Waals surface area (Å²) in [5, 5.41) is 3.69. The third-order valence-corrected chi connectivity index (χ3v) is 3.80. The molecule has 0 saturated heterocycles. The van der Waals surface area contributed by atoms with Gasteiger partial charge >= 0.3 is 0 Å². The SMILES string of the molecule is CCCCCCCC1CCc2ccccc2N1. The second-order valence-corrected chi connectivity index (χ2v) is 5.24. The van der Waals surface area contributed by atoms with Gasteiger partial charge in [0, 0.05) is 11.7 Å². The number of hydrogen-bond acceptors (Lipinski definition) is 1. The molecule has 1 heteroatoms. The molecule has 1 aliphatic rings. The first kappa shape index (κ1) is 12.5. The van der Waals surface area contributed by atoms with E-state index in [9.17, 15) is 0 Å². The summed E-state index contributed by atoms with van der Waals surface area (Å²) in [5.74, 6) is 0. The number of para-hydroxylation sites is 1. The number of hydrogen-bond donors (Lipinski definition) is 1. The van der Waals surface area contributed by atoms with Crippen LogP contribution in [0.4, 0.5) is 5.69 Å². The Morgan fingerprint density at radius 2 is 1.94 bits per heavy atom. The zero-order valence-electron chi connectivity index (χ0n) is 11.0. The van der Waals surface area contributed by atoms with E-state index in [1.54, 1.807) is 0 Å². The molecule has 1 atom stereocenters. The standard InChI is InChI=1S/C16H25N/c1-2-3-4-5-6-10-15-13-12-14-9-7-8-11-16(14)17-15/h7-9,11,15,17H,2-6,10,12-13H2,1H3. The van der Waals surface area contributed by atoms with Crippen molar-refractivity contribution < 1.29 is 0 Å². The normalized spacial score (nSPS) is 18.5. The zero-order valence-corrected chi connectivity index (χ0v) is 11.0. The van der Waals surface area contributed by atoms with Gasteiger partial charge in [0.15, 0.2) is 0 Å². The quantitative estimate of drug-likeness (QED) is 0.695. The molecule has 0 amide bonds. The largest absolute Gasteiger partial charge is 0.382 e. The highest BCUT2D eigenvalue weighted by Gasteiger charge is 2.16. The number of fused-ring (bicyclic) bond motifs is 1. The molecule has 1 aromatic rings. The van der Waals surface area contributed by atoms with E-state index in [0.717, 1.165) is 0 Å². The van der Waals surface area contributed by atoms with Gasteiger partial charge in [-0.3, -0.25) is 0 Å². The zero-order chi connectivity index (χ0) is 11.9. The van der Waals surface area contributed by atoms with Crippen LogP contribution in [0.5, 0.6) is 0 Å². The number of anilines is 1. The average Bonchev–Trinajstić information content (AvgIpc) is 2.38. The molecule has 17 heavy (non-hydrogen) atoms. The molecule has 1 heterocycles. The molecule has 1 unspecified atom stereocenters. The number of aryl methyl sites for hydroxylation is 1. The molecule has 1 nitrogen and oxygen atoms in total. The molecule has 0 saturated carbocycles. The van der Waals surface area contributed by atoms with Crippen molar-refractivity contribution in [1.29, 1.82) is 0 Å². The van der Waals surface area contributed by atoms with E-state index in [0.29, 0.717) is 6.04 Å². The Hall–Kier alpha value is -0.980. The first-order chi connectivity index (χ1) is 8.40. The molecule has 1 aromatic carbocycles. The summed E-state index contributed by atoms with van der Waals surface area (Å²) >= 11 is 0. The fraction of sp³-hybridized carbons (Fsp3) is 0.625. The topological polar surface area (TPSA) is 12.0 Å². The molecule has 0 bridgehead atoms. The molecule has 0 fully saturated rings. The van der Waals surface area contributed by atoms with Gasteiger partial charge in [-0.05, 0) is 30.9 Å². The summed E-state index contributed by atoms with van der Waals surface area (Å²) in [4.78, 5) is 0. The van der Waals surface area contributed by atoms with Crippen LogP contribution in [-0.2, 0) is 6.42 Å². The van der Waals surface area contributed by atoms with Crippen LogP contribution < -0.4 is 5.32 Å². The van der Waals surface area contributed by atoms with E-state index in [1.165, 1.54) is 62.6 Å². The van der Waals surface area contributed by atoms with Crippen molar-refractivity contribution in [3.63, 3.8) is 0 Å². The molecular formula is C16H25N. The van der Waals surface area contributed by atoms with Crippen molar-refractivity contribution in [3.8, 4) is 0 Å². The summed E-state index contributed by atoms with van der Waals surface area (Å²) in [6, 6.07) is 9.46. The Bertz CT molecular complexity index is 332. The first-order valence-electron chi connectivity index (χ1n) is 7.24. The van der Waals surface area contributed by atoms with E-state index in [4.69, 9.17) is 0 Å². The third kappa shape index (κ3) is 3.76. The van der Waals surface area contributed by atoms with Crippen LogP contribution in [0.25, 0.3) is 0 Å². The lowest BCUT2D eigenvalue weighted by Gasteiger charge is -2.27. The highest BCUT2D eigenvalue weighted by molar-refractivity contribution is 5.53.